The number of aromatic amines is 1. The molecule has 1 heterocycles. The smallest absolute Gasteiger partial charge is 0.292 e. The van der Waals surface area contributed by atoms with Crippen molar-refractivity contribution in [1.29, 1.82) is 0 Å². The lowest BCUT2D eigenvalue weighted by Gasteiger charge is -2.02. The number of hydrogen-bond acceptors (Lipinski definition) is 4. The molecule has 0 bridgehead atoms. The Hall–Kier alpha value is -2.31. The number of carbonyl (C=O) groups excluding carboxylic acids is 1. The predicted octanol–water partition coefficient (Wildman–Crippen LogP) is 0.311. The van der Waals surface area contributed by atoms with Crippen LogP contribution in [-0.2, 0) is 6.42 Å². The number of carbonyl (C=O) groups is 1. The normalized spacial score (nSPS) is 10.2. The summed E-state index contributed by atoms with van der Waals surface area (Å²) in [7, 11) is 0. The van der Waals surface area contributed by atoms with Crippen molar-refractivity contribution in [3.05, 3.63) is 41.5 Å². The number of amides is 1. The molecule has 0 aliphatic rings. The van der Waals surface area contributed by atoms with Gasteiger partial charge in [-0.25, -0.2) is 4.39 Å². The summed E-state index contributed by atoms with van der Waals surface area (Å²) in [4.78, 5) is 11.4. The van der Waals surface area contributed by atoms with E-state index in [0.29, 0.717) is 13.0 Å². The number of halogens is 1. The Morgan fingerprint density at radius 3 is 2.76 bits per heavy atom. The Labute approximate surface area is 96.2 Å². The minimum absolute atomic E-state index is 0.00380. The van der Waals surface area contributed by atoms with Crippen LogP contribution in [0.15, 0.2) is 24.3 Å². The molecule has 0 fully saturated rings. The topological polar surface area (TPSA) is 83.6 Å². The fourth-order valence-electron chi connectivity index (χ4n) is 1.31. The zero-order chi connectivity index (χ0) is 12.1. The van der Waals surface area contributed by atoms with E-state index in [4.69, 9.17) is 0 Å². The molecule has 7 heteroatoms. The molecule has 17 heavy (non-hydrogen) atoms. The van der Waals surface area contributed by atoms with Gasteiger partial charge in [-0.15, -0.1) is 10.2 Å². The monoisotopic (exact) mass is 235 g/mol. The van der Waals surface area contributed by atoms with Crippen molar-refractivity contribution in [2.75, 3.05) is 6.54 Å². The third-order valence-corrected chi connectivity index (χ3v) is 2.16. The van der Waals surface area contributed by atoms with E-state index >= 15 is 0 Å². The summed E-state index contributed by atoms with van der Waals surface area (Å²) in [6.45, 7) is 0.430. The van der Waals surface area contributed by atoms with Crippen LogP contribution >= 0.6 is 0 Å². The van der Waals surface area contributed by atoms with Gasteiger partial charge in [0.2, 0.25) is 0 Å². The average Bonchev–Trinajstić information content (AvgIpc) is 2.85. The van der Waals surface area contributed by atoms with Gasteiger partial charge < -0.3 is 5.32 Å². The van der Waals surface area contributed by atoms with Gasteiger partial charge in [-0.1, -0.05) is 12.1 Å². The quantitative estimate of drug-likeness (QED) is 0.799. The van der Waals surface area contributed by atoms with E-state index in [1.165, 1.54) is 12.1 Å². The number of H-pyrrole nitrogens is 1. The summed E-state index contributed by atoms with van der Waals surface area (Å²) >= 11 is 0. The van der Waals surface area contributed by atoms with Gasteiger partial charge in [0.25, 0.3) is 11.7 Å². The van der Waals surface area contributed by atoms with E-state index < -0.39 is 0 Å². The molecule has 0 aliphatic carbocycles. The van der Waals surface area contributed by atoms with Crippen LogP contribution in [0.3, 0.4) is 0 Å². The van der Waals surface area contributed by atoms with Crippen LogP contribution in [0.5, 0.6) is 0 Å². The molecule has 1 amide bonds. The molecule has 6 nitrogen and oxygen atoms in total. The van der Waals surface area contributed by atoms with Gasteiger partial charge in [-0.05, 0) is 29.3 Å². The lowest BCUT2D eigenvalue weighted by atomic mass is 10.1. The molecule has 2 N–H and O–H groups in total. The van der Waals surface area contributed by atoms with Crippen LogP contribution in [0.4, 0.5) is 4.39 Å². The maximum atomic E-state index is 12.6. The minimum atomic E-state index is -0.388. The van der Waals surface area contributed by atoms with Crippen molar-refractivity contribution in [1.82, 2.24) is 25.9 Å². The predicted molar refractivity (Wildman–Crippen MR) is 56.6 cm³/mol. The Morgan fingerprint density at radius 2 is 2.12 bits per heavy atom. The number of rotatable bonds is 4. The number of nitrogens with zero attached hydrogens (tertiary/aromatic N) is 3. The van der Waals surface area contributed by atoms with Gasteiger partial charge in [-0.2, -0.15) is 5.21 Å². The van der Waals surface area contributed by atoms with Crippen LogP contribution in [0, 0.1) is 5.82 Å². The summed E-state index contributed by atoms with van der Waals surface area (Å²) in [6.07, 6.45) is 0.615. The van der Waals surface area contributed by atoms with Gasteiger partial charge in [-0.3, -0.25) is 4.79 Å². The number of aromatic nitrogens is 4. The van der Waals surface area contributed by atoms with E-state index in [1.807, 2.05) is 0 Å². The SMILES string of the molecule is O=C(NCCc1ccc(F)cc1)c1nn[nH]n1. The summed E-state index contributed by atoms with van der Waals surface area (Å²) in [6, 6.07) is 6.12. The van der Waals surface area contributed by atoms with Crippen molar-refractivity contribution >= 4 is 5.91 Å². The summed E-state index contributed by atoms with van der Waals surface area (Å²) in [5.41, 5.74) is 0.944. The van der Waals surface area contributed by atoms with Crippen LogP contribution in [0.25, 0.3) is 0 Å². The van der Waals surface area contributed by atoms with E-state index in [2.05, 4.69) is 25.9 Å². The molecule has 2 rings (SSSR count). The lowest BCUT2D eigenvalue weighted by Crippen LogP contribution is -2.26. The Balaban J connectivity index is 1.80. The highest BCUT2D eigenvalue weighted by atomic mass is 19.1. The van der Waals surface area contributed by atoms with Crippen molar-refractivity contribution in [3.8, 4) is 0 Å². The molecular formula is C10H10FN5O. The second-order valence-electron chi connectivity index (χ2n) is 3.37. The molecular weight excluding hydrogens is 225 g/mol. The summed E-state index contributed by atoms with van der Waals surface area (Å²) in [5, 5.41) is 15.2. The number of nitrogens with one attached hydrogen (secondary N) is 2. The Bertz CT molecular complexity index is 482. The van der Waals surface area contributed by atoms with Crippen LogP contribution in [-0.4, -0.2) is 33.1 Å². The largest absolute Gasteiger partial charge is 0.349 e. The van der Waals surface area contributed by atoms with Gasteiger partial charge in [0.1, 0.15) is 5.82 Å². The van der Waals surface area contributed by atoms with Gasteiger partial charge in [0, 0.05) is 6.54 Å². The van der Waals surface area contributed by atoms with Crippen molar-refractivity contribution in [3.63, 3.8) is 0 Å². The van der Waals surface area contributed by atoms with Crippen molar-refractivity contribution in [2.45, 2.75) is 6.42 Å². The van der Waals surface area contributed by atoms with Crippen LogP contribution in [0.1, 0.15) is 16.2 Å². The molecule has 88 valence electrons. The first kappa shape index (κ1) is 11.2. The van der Waals surface area contributed by atoms with E-state index in [1.54, 1.807) is 12.1 Å². The highest BCUT2D eigenvalue weighted by molar-refractivity contribution is 5.89. The van der Waals surface area contributed by atoms with E-state index in [0.717, 1.165) is 5.56 Å². The molecule has 0 radical (unpaired) electrons. The van der Waals surface area contributed by atoms with Gasteiger partial charge in [0.05, 0.1) is 0 Å². The van der Waals surface area contributed by atoms with Gasteiger partial charge in [0.15, 0.2) is 0 Å². The second kappa shape index (κ2) is 5.15. The standard InChI is InChI=1S/C10H10FN5O/c11-8-3-1-7(2-4-8)5-6-12-10(17)9-13-15-16-14-9/h1-4H,5-6H2,(H,12,17)(H,13,14,15,16). The summed E-state index contributed by atoms with van der Waals surface area (Å²) < 4.78 is 12.6. The van der Waals surface area contributed by atoms with E-state index in [-0.39, 0.29) is 17.5 Å². The van der Waals surface area contributed by atoms with Crippen molar-refractivity contribution < 1.29 is 9.18 Å². The highest BCUT2D eigenvalue weighted by Gasteiger charge is 2.09. The second-order valence-corrected chi connectivity index (χ2v) is 3.37. The van der Waals surface area contributed by atoms with E-state index in [9.17, 15) is 9.18 Å². The fourth-order valence-corrected chi connectivity index (χ4v) is 1.31. The zero-order valence-corrected chi connectivity index (χ0v) is 8.85. The maximum Gasteiger partial charge on any atom is 0.292 e. The molecule has 0 atom stereocenters. The first-order valence-electron chi connectivity index (χ1n) is 5.02. The molecule has 0 saturated heterocycles. The first-order chi connectivity index (χ1) is 8.25. The zero-order valence-electron chi connectivity index (χ0n) is 8.85. The highest BCUT2D eigenvalue weighted by Crippen LogP contribution is 2.02. The van der Waals surface area contributed by atoms with Crippen LogP contribution in [0.2, 0.25) is 0 Å². The maximum absolute atomic E-state index is 12.6. The molecule has 0 aliphatic heterocycles. The van der Waals surface area contributed by atoms with Crippen LogP contribution < -0.4 is 5.32 Å². The number of benzene rings is 1. The fraction of sp³-hybridized carbons (Fsp3) is 0.200. The molecule has 0 unspecified atom stereocenters. The molecule has 0 spiro atoms. The third kappa shape index (κ3) is 3.07. The Kier molecular flexibility index (Phi) is 3.39. The summed E-state index contributed by atoms with van der Waals surface area (Å²) in [5.74, 6) is -0.658. The molecule has 1 aromatic carbocycles. The van der Waals surface area contributed by atoms with Crippen molar-refractivity contribution in [2.24, 2.45) is 0 Å². The number of hydrogen-bond donors (Lipinski definition) is 2. The first-order valence-corrected chi connectivity index (χ1v) is 5.02. The number of tetrazole rings is 1. The minimum Gasteiger partial charge on any atom is -0.349 e. The Morgan fingerprint density at radius 1 is 1.35 bits per heavy atom. The van der Waals surface area contributed by atoms with Gasteiger partial charge >= 0.3 is 0 Å². The molecule has 2 aromatic rings. The molecule has 1 aromatic heterocycles. The average molecular weight is 235 g/mol. The molecule has 0 saturated carbocycles. The third-order valence-electron chi connectivity index (χ3n) is 2.16. The lowest BCUT2D eigenvalue weighted by molar-refractivity contribution is 0.0944.